The summed E-state index contributed by atoms with van der Waals surface area (Å²) in [4.78, 5) is 18.6. The molecule has 8 heteroatoms. The van der Waals surface area contributed by atoms with E-state index in [4.69, 9.17) is 0 Å². The van der Waals surface area contributed by atoms with Crippen molar-refractivity contribution < 1.29 is 4.39 Å². The van der Waals surface area contributed by atoms with Crippen LogP contribution in [0.3, 0.4) is 0 Å². The molecule has 1 atom stereocenters. The largest absolute Gasteiger partial charge is 0.322 e. The Balaban J connectivity index is 1.52. The van der Waals surface area contributed by atoms with E-state index in [0.717, 1.165) is 46.3 Å². The Kier molecular flexibility index (Phi) is 6.96. The fourth-order valence-corrected chi connectivity index (χ4v) is 5.50. The van der Waals surface area contributed by atoms with Gasteiger partial charge in [-0.1, -0.05) is 50.5 Å². The van der Waals surface area contributed by atoms with Crippen molar-refractivity contribution in [2.24, 2.45) is 5.92 Å². The lowest BCUT2D eigenvalue weighted by Gasteiger charge is -2.38. The van der Waals surface area contributed by atoms with E-state index < -0.39 is 0 Å². The van der Waals surface area contributed by atoms with E-state index in [-0.39, 0.29) is 23.3 Å². The molecule has 0 unspecified atom stereocenters. The highest BCUT2D eigenvalue weighted by atomic mass is 19.1. The SMILES string of the molecule is Cc1ccc2[nH]c(=O)c(CN(C3CCCC3)[C@H](c3nnnn3Cc3ccc(F)cc3)C(C)C)cc2c1. The topological polar surface area (TPSA) is 79.7 Å². The van der Waals surface area contributed by atoms with Gasteiger partial charge in [-0.3, -0.25) is 9.69 Å². The number of nitrogens with zero attached hydrogens (tertiary/aromatic N) is 5. The molecule has 2 aromatic heterocycles. The number of hydrogen-bond acceptors (Lipinski definition) is 5. The number of aromatic nitrogens is 5. The molecule has 7 nitrogen and oxygen atoms in total. The first-order valence-corrected chi connectivity index (χ1v) is 12.8. The average molecular weight is 489 g/mol. The Morgan fingerprint density at radius 3 is 2.58 bits per heavy atom. The highest BCUT2D eigenvalue weighted by Gasteiger charge is 2.35. The first-order chi connectivity index (χ1) is 17.4. The minimum Gasteiger partial charge on any atom is -0.322 e. The van der Waals surface area contributed by atoms with Gasteiger partial charge in [0.15, 0.2) is 5.82 Å². The summed E-state index contributed by atoms with van der Waals surface area (Å²) in [5.41, 5.74) is 3.64. The van der Waals surface area contributed by atoms with Crippen molar-refractivity contribution in [2.45, 2.75) is 71.6 Å². The number of rotatable bonds is 8. The van der Waals surface area contributed by atoms with E-state index in [1.807, 2.05) is 22.9 Å². The molecule has 0 saturated heterocycles. The maximum absolute atomic E-state index is 13.4. The number of tetrazole rings is 1. The number of fused-ring (bicyclic) bond motifs is 1. The van der Waals surface area contributed by atoms with Crippen LogP contribution in [0.25, 0.3) is 10.9 Å². The summed E-state index contributed by atoms with van der Waals surface area (Å²) in [6.45, 7) is 7.40. The highest BCUT2D eigenvalue weighted by molar-refractivity contribution is 5.79. The number of halogens is 1. The molecule has 0 aliphatic heterocycles. The Hall–Kier alpha value is -3.39. The molecule has 5 rings (SSSR count). The van der Waals surface area contributed by atoms with Gasteiger partial charge < -0.3 is 4.98 Å². The van der Waals surface area contributed by atoms with Crippen LogP contribution in [0.5, 0.6) is 0 Å². The summed E-state index contributed by atoms with van der Waals surface area (Å²) in [6, 6.07) is 14.8. The molecule has 0 spiro atoms. The van der Waals surface area contributed by atoms with Gasteiger partial charge in [-0.25, -0.2) is 9.07 Å². The molecule has 2 heterocycles. The van der Waals surface area contributed by atoms with Crippen molar-refractivity contribution in [3.63, 3.8) is 0 Å². The Morgan fingerprint density at radius 1 is 1.11 bits per heavy atom. The lowest BCUT2D eigenvalue weighted by Crippen LogP contribution is -2.41. The van der Waals surface area contributed by atoms with Crippen molar-refractivity contribution in [3.05, 3.63) is 87.2 Å². The fourth-order valence-electron chi connectivity index (χ4n) is 5.50. The van der Waals surface area contributed by atoms with E-state index in [0.29, 0.717) is 19.1 Å². The van der Waals surface area contributed by atoms with Crippen LogP contribution in [0, 0.1) is 18.7 Å². The first kappa shape index (κ1) is 24.3. The molecule has 1 saturated carbocycles. The van der Waals surface area contributed by atoms with Crippen LogP contribution in [0.15, 0.2) is 53.3 Å². The number of aryl methyl sites for hydroxylation is 1. The quantitative estimate of drug-likeness (QED) is 0.371. The normalized spacial score (nSPS) is 15.4. The second-order valence-electron chi connectivity index (χ2n) is 10.3. The van der Waals surface area contributed by atoms with Crippen LogP contribution in [-0.2, 0) is 13.1 Å². The minimum absolute atomic E-state index is 0.0530. The molecule has 1 N–H and O–H groups in total. The van der Waals surface area contributed by atoms with Gasteiger partial charge in [-0.2, -0.15) is 0 Å². The minimum atomic E-state index is -0.265. The van der Waals surface area contributed by atoms with Crippen LogP contribution in [0.4, 0.5) is 4.39 Å². The predicted molar refractivity (Wildman–Crippen MR) is 138 cm³/mol. The zero-order valence-electron chi connectivity index (χ0n) is 21.1. The molecule has 1 fully saturated rings. The van der Waals surface area contributed by atoms with Gasteiger partial charge in [0, 0.05) is 23.7 Å². The van der Waals surface area contributed by atoms with Crippen molar-refractivity contribution in [1.29, 1.82) is 0 Å². The van der Waals surface area contributed by atoms with E-state index in [9.17, 15) is 9.18 Å². The van der Waals surface area contributed by atoms with Crippen LogP contribution in [-0.4, -0.2) is 36.1 Å². The summed E-state index contributed by atoms with van der Waals surface area (Å²) in [5.74, 6) is 0.721. The summed E-state index contributed by atoms with van der Waals surface area (Å²) >= 11 is 0. The van der Waals surface area contributed by atoms with Crippen LogP contribution >= 0.6 is 0 Å². The van der Waals surface area contributed by atoms with E-state index in [1.54, 1.807) is 12.1 Å². The molecular formula is C28H33FN6O. The molecule has 36 heavy (non-hydrogen) atoms. The third kappa shape index (κ3) is 5.09. The second-order valence-corrected chi connectivity index (χ2v) is 10.3. The van der Waals surface area contributed by atoms with Crippen molar-refractivity contribution in [1.82, 2.24) is 30.1 Å². The summed E-state index contributed by atoms with van der Waals surface area (Å²) < 4.78 is 15.2. The van der Waals surface area contributed by atoms with Gasteiger partial charge in [0.1, 0.15) is 5.82 Å². The Bertz CT molecular complexity index is 1390. The third-order valence-corrected chi connectivity index (χ3v) is 7.28. The summed E-state index contributed by atoms with van der Waals surface area (Å²) in [7, 11) is 0. The third-order valence-electron chi connectivity index (χ3n) is 7.28. The standard InChI is InChI=1S/C28H33FN6O/c1-18(2)26(27-31-32-33-35(27)16-20-9-11-23(29)12-10-20)34(24-6-4-5-7-24)17-22-15-21-14-19(3)8-13-25(21)30-28(22)36/h8-15,18,24,26H,4-7,16-17H2,1-3H3,(H,30,36)/t26-/m0/s1. The molecular weight excluding hydrogens is 455 g/mol. The molecule has 0 amide bonds. The lowest BCUT2D eigenvalue weighted by atomic mass is 9.97. The molecule has 1 aliphatic rings. The first-order valence-electron chi connectivity index (χ1n) is 12.8. The van der Waals surface area contributed by atoms with E-state index >= 15 is 0 Å². The van der Waals surface area contributed by atoms with Gasteiger partial charge in [0.25, 0.3) is 5.56 Å². The molecule has 0 bridgehead atoms. The lowest BCUT2D eigenvalue weighted by molar-refractivity contribution is 0.0844. The Morgan fingerprint density at radius 2 is 1.86 bits per heavy atom. The van der Waals surface area contributed by atoms with Gasteiger partial charge >= 0.3 is 0 Å². The van der Waals surface area contributed by atoms with Crippen molar-refractivity contribution in [3.8, 4) is 0 Å². The van der Waals surface area contributed by atoms with Gasteiger partial charge in [-0.05, 0) is 77.4 Å². The maximum atomic E-state index is 13.4. The van der Waals surface area contributed by atoms with Gasteiger partial charge in [-0.15, -0.1) is 5.10 Å². The number of aromatic amines is 1. The molecule has 1 aliphatic carbocycles. The van der Waals surface area contributed by atoms with Gasteiger partial charge in [0.2, 0.25) is 0 Å². The zero-order valence-corrected chi connectivity index (χ0v) is 21.1. The number of nitrogens with one attached hydrogen (secondary N) is 1. The van der Waals surface area contributed by atoms with Crippen LogP contribution in [0.2, 0.25) is 0 Å². The smallest absolute Gasteiger partial charge is 0.252 e. The van der Waals surface area contributed by atoms with Crippen LogP contribution in [0.1, 0.15) is 68.1 Å². The number of benzene rings is 2. The number of pyridine rings is 1. The van der Waals surface area contributed by atoms with Gasteiger partial charge in [0.05, 0.1) is 12.6 Å². The molecule has 0 radical (unpaired) electrons. The van der Waals surface area contributed by atoms with Crippen molar-refractivity contribution in [2.75, 3.05) is 0 Å². The molecule has 2 aromatic carbocycles. The average Bonchev–Trinajstić information content (AvgIpc) is 3.53. The number of H-pyrrole nitrogens is 1. The fraction of sp³-hybridized carbons (Fsp3) is 0.429. The van der Waals surface area contributed by atoms with Crippen LogP contribution < -0.4 is 5.56 Å². The van der Waals surface area contributed by atoms with Crippen molar-refractivity contribution >= 4 is 10.9 Å². The summed E-state index contributed by atoms with van der Waals surface area (Å²) in [6.07, 6.45) is 4.54. The second kappa shape index (κ2) is 10.3. The Labute approximate surface area is 210 Å². The predicted octanol–water partition coefficient (Wildman–Crippen LogP) is 5.15. The zero-order chi connectivity index (χ0) is 25.2. The highest BCUT2D eigenvalue weighted by Crippen LogP contribution is 2.36. The maximum Gasteiger partial charge on any atom is 0.252 e. The van der Waals surface area contributed by atoms with E-state index in [2.05, 4.69) is 52.2 Å². The van der Waals surface area contributed by atoms with E-state index in [1.165, 1.54) is 25.0 Å². The monoisotopic (exact) mass is 488 g/mol. The number of hydrogen-bond donors (Lipinski definition) is 1. The molecule has 188 valence electrons. The molecule has 4 aromatic rings. The summed E-state index contributed by atoms with van der Waals surface area (Å²) in [5, 5.41) is 13.8.